The molecule has 0 radical (unpaired) electrons. The van der Waals surface area contributed by atoms with Gasteiger partial charge in [0, 0.05) is 36.7 Å². The van der Waals surface area contributed by atoms with Crippen molar-refractivity contribution in [1.29, 1.82) is 0 Å². The lowest BCUT2D eigenvalue weighted by molar-refractivity contribution is -0.137. The maximum Gasteiger partial charge on any atom is 0.416 e. The molecule has 0 bridgehead atoms. The summed E-state index contributed by atoms with van der Waals surface area (Å²) in [5.41, 5.74) is 0.772. The van der Waals surface area contributed by atoms with Crippen LogP contribution in [-0.2, 0) is 25.7 Å². The highest BCUT2D eigenvalue weighted by Crippen LogP contribution is 2.30. The van der Waals surface area contributed by atoms with E-state index in [1.165, 1.54) is 12.1 Å². The Morgan fingerprint density at radius 3 is 2.67 bits per heavy atom. The van der Waals surface area contributed by atoms with Gasteiger partial charge in [-0.1, -0.05) is 12.1 Å². The number of aromatic nitrogens is 3. The van der Waals surface area contributed by atoms with Crippen molar-refractivity contribution in [1.82, 2.24) is 19.9 Å². The van der Waals surface area contributed by atoms with Crippen LogP contribution in [0, 0.1) is 0 Å². The first-order chi connectivity index (χ1) is 12.9. The normalized spacial score (nSPS) is 14.9. The third-order valence-electron chi connectivity index (χ3n) is 4.48. The predicted octanol–water partition coefficient (Wildman–Crippen LogP) is 3.47. The molecular weight excluding hydrogens is 377 g/mol. The zero-order chi connectivity index (χ0) is 19.0. The number of aromatic amines is 1. The number of thiazole rings is 1. The maximum absolute atomic E-state index is 12.7. The van der Waals surface area contributed by atoms with E-state index in [4.69, 9.17) is 0 Å². The van der Waals surface area contributed by atoms with Gasteiger partial charge in [0.2, 0.25) is 0 Å². The fourth-order valence-electron chi connectivity index (χ4n) is 3.09. The van der Waals surface area contributed by atoms with Crippen LogP contribution in [0.15, 0.2) is 40.6 Å². The molecule has 0 saturated heterocycles. The van der Waals surface area contributed by atoms with Crippen LogP contribution in [0.3, 0.4) is 0 Å². The highest BCUT2D eigenvalue weighted by atomic mass is 32.1. The Morgan fingerprint density at radius 2 is 2.00 bits per heavy atom. The Bertz CT molecular complexity index is 997. The first-order valence-electron chi connectivity index (χ1n) is 8.30. The van der Waals surface area contributed by atoms with E-state index < -0.39 is 11.7 Å². The summed E-state index contributed by atoms with van der Waals surface area (Å²) in [7, 11) is 0. The maximum atomic E-state index is 12.7. The minimum Gasteiger partial charge on any atom is -0.306 e. The lowest BCUT2D eigenvalue weighted by Crippen LogP contribution is -2.35. The van der Waals surface area contributed by atoms with Crippen molar-refractivity contribution in [2.45, 2.75) is 25.7 Å². The molecule has 1 N–H and O–H groups in total. The molecule has 1 aliphatic heterocycles. The van der Waals surface area contributed by atoms with E-state index in [-0.39, 0.29) is 5.56 Å². The number of alkyl halides is 3. The lowest BCUT2D eigenvalue weighted by Gasteiger charge is -2.26. The summed E-state index contributed by atoms with van der Waals surface area (Å²) in [4.78, 5) is 26.1. The Kier molecular flexibility index (Phi) is 4.56. The minimum absolute atomic E-state index is 0.251. The molecule has 0 atom stereocenters. The molecule has 0 aliphatic carbocycles. The van der Waals surface area contributed by atoms with Crippen molar-refractivity contribution >= 4 is 11.3 Å². The standard InChI is InChI=1S/C18H15F3N4OS/c19-18(20,21)12-3-1-11(2-4-12)16-23-14-5-7-25(9-13(14)17(26)24-16)10-15-22-6-8-27-15/h1-4,6,8H,5,7,9-10H2,(H,23,24,26). The quantitative estimate of drug-likeness (QED) is 0.742. The summed E-state index contributed by atoms with van der Waals surface area (Å²) in [5, 5.41) is 2.90. The molecule has 0 unspecified atom stereocenters. The van der Waals surface area contributed by atoms with E-state index >= 15 is 0 Å². The van der Waals surface area contributed by atoms with Gasteiger partial charge in [0.05, 0.1) is 23.4 Å². The minimum atomic E-state index is -4.39. The van der Waals surface area contributed by atoms with Crippen molar-refractivity contribution < 1.29 is 13.2 Å². The zero-order valence-corrected chi connectivity index (χ0v) is 14.9. The molecule has 140 valence electrons. The molecule has 1 aromatic carbocycles. The van der Waals surface area contributed by atoms with Gasteiger partial charge in [-0.05, 0) is 12.1 Å². The van der Waals surface area contributed by atoms with Crippen LogP contribution in [0.1, 0.15) is 21.8 Å². The average Bonchev–Trinajstić information content (AvgIpc) is 3.14. The molecule has 0 amide bonds. The lowest BCUT2D eigenvalue weighted by atomic mass is 10.1. The smallest absolute Gasteiger partial charge is 0.306 e. The highest BCUT2D eigenvalue weighted by molar-refractivity contribution is 7.09. The van der Waals surface area contributed by atoms with Crippen LogP contribution < -0.4 is 5.56 Å². The molecular formula is C18H15F3N4OS. The Labute approximate surface area is 156 Å². The molecule has 0 spiro atoms. The van der Waals surface area contributed by atoms with Crippen LogP contribution in [0.25, 0.3) is 11.4 Å². The third kappa shape index (κ3) is 3.79. The van der Waals surface area contributed by atoms with Crippen LogP contribution in [0.5, 0.6) is 0 Å². The van der Waals surface area contributed by atoms with Gasteiger partial charge in [-0.15, -0.1) is 11.3 Å². The third-order valence-corrected chi connectivity index (χ3v) is 5.24. The summed E-state index contributed by atoms with van der Waals surface area (Å²) in [6.45, 7) is 1.90. The number of H-pyrrole nitrogens is 1. The Hall–Kier alpha value is -2.52. The second kappa shape index (κ2) is 6.90. The van der Waals surface area contributed by atoms with Gasteiger partial charge in [-0.3, -0.25) is 9.69 Å². The summed E-state index contributed by atoms with van der Waals surface area (Å²) < 4.78 is 38.1. The number of halogens is 3. The monoisotopic (exact) mass is 392 g/mol. The largest absolute Gasteiger partial charge is 0.416 e. The number of rotatable bonds is 3. The average molecular weight is 392 g/mol. The van der Waals surface area contributed by atoms with Gasteiger partial charge >= 0.3 is 6.18 Å². The molecule has 0 fully saturated rings. The van der Waals surface area contributed by atoms with Crippen LogP contribution in [-0.4, -0.2) is 26.4 Å². The second-order valence-electron chi connectivity index (χ2n) is 6.30. The molecule has 1 aliphatic rings. The summed E-state index contributed by atoms with van der Waals surface area (Å²) in [6.07, 6.45) is -2.03. The van der Waals surface area contributed by atoms with E-state index in [2.05, 4.69) is 19.9 Å². The van der Waals surface area contributed by atoms with Crippen LogP contribution >= 0.6 is 11.3 Å². The van der Waals surface area contributed by atoms with Gasteiger partial charge in [0.1, 0.15) is 10.8 Å². The van der Waals surface area contributed by atoms with E-state index in [0.717, 1.165) is 23.7 Å². The van der Waals surface area contributed by atoms with E-state index in [9.17, 15) is 18.0 Å². The fraction of sp³-hybridized carbons (Fsp3) is 0.278. The Balaban J connectivity index is 1.58. The van der Waals surface area contributed by atoms with Gasteiger partial charge in [0.25, 0.3) is 5.56 Å². The first kappa shape index (κ1) is 17.9. The first-order valence-corrected chi connectivity index (χ1v) is 9.18. The summed E-state index contributed by atoms with van der Waals surface area (Å²) in [5.74, 6) is 0.292. The zero-order valence-electron chi connectivity index (χ0n) is 14.1. The highest BCUT2D eigenvalue weighted by Gasteiger charge is 2.30. The number of hydrogen-bond donors (Lipinski definition) is 1. The van der Waals surface area contributed by atoms with E-state index in [0.29, 0.717) is 42.2 Å². The molecule has 3 aromatic rings. The topological polar surface area (TPSA) is 61.9 Å². The number of benzene rings is 1. The molecule has 3 heterocycles. The van der Waals surface area contributed by atoms with Gasteiger partial charge in [-0.2, -0.15) is 13.2 Å². The van der Waals surface area contributed by atoms with Crippen LogP contribution in [0.2, 0.25) is 0 Å². The molecule has 5 nitrogen and oxygen atoms in total. The van der Waals surface area contributed by atoms with Gasteiger partial charge < -0.3 is 4.98 Å². The Morgan fingerprint density at radius 1 is 1.22 bits per heavy atom. The van der Waals surface area contributed by atoms with E-state index in [1.807, 2.05) is 5.38 Å². The van der Waals surface area contributed by atoms with E-state index in [1.54, 1.807) is 17.5 Å². The number of nitrogens with one attached hydrogen (secondary N) is 1. The van der Waals surface area contributed by atoms with Crippen molar-refractivity contribution in [3.8, 4) is 11.4 Å². The molecule has 2 aromatic heterocycles. The fourth-order valence-corrected chi connectivity index (χ4v) is 3.75. The molecule has 27 heavy (non-hydrogen) atoms. The molecule has 0 saturated carbocycles. The predicted molar refractivity (Wildman–Crippen MR) is 95.2 cm³/mol. The second-order valence-corrected chi connectivity index (χ2v) is 7.28. The molecule has 9 heteroatoms. The van der Waals surface area contributed by atoms with Crippen LogP contribution in [0.4, 0.5) is 13.2 Å². The number of hydrogen-bond acceptors (Lipinski definition) is 5. The van der Waals surface area contributed by atoms with Crippen molar-refractivity contribution in [3.05, 3.63) is 68.0 Å². The number of fused-ring (bicyclic) bond motifs is 1. The van der Waals surface area contributed by atoms with Gasteiger partial charge in [-0.25, -0.2) is 9.97 Å². The summed E-state index contributed by atoms with van der Waals surface area (Å²) in [6, 6.07) is 4.63. The SMILES string of the molecule is O=c1[nH]c(-c2ccc(C(F)(F)F)cc2)nc2c1CN(Cc1nccs1)CC2. The van der Waals surface area contributed by atoms with Crippen molar-refractivity contribution in [3.63, 3.8) is 0 Å². The van der Waals surface area contributed by atoms with Crippen molar-refractivity contribution in [2.24, 2.45) is 0 Å². The van der Waals surface area contributed by atoms with Crippen molar-refractivity contribution in [2.75, 3.05) is 6.54 Å². The number of nitrogens with zero attached hydrogens (tertiary/aromatic N) is 3. The van der Waals surface area contributed by atoms with Gasteiger partial charge in [0.15, 0.2) is 0 Å². The molecule has 4 rings (SSSR count). The summed E-state index contributed by atoms with van der Waals surface area (Å²) >= 11 is 1.57.